The van der Waals surface area contributed by atoms with E-state index in [0.29, 0.717) is 42.8 Å². The van der Waals surface area contributed by atoms with Crippen molar-refractivity contribution in [2.75, 3.05) is 18.5 Å². The maximum atomic E-state index is 14.3. The number of benzene rings is 2. The fourth-order valence-electron chi connectivity index (χ4n) is 7.21. The van der Waals surface area contributed by atoms with Gasteiger partial charge in [0.2, 0.25) is 17.7 Å². The molecule has 3 N–H and O–H groups in total. The number of hydrogen-bond donors (Lipinski definition) is 3. The highest BCUT2D eigenvalue weighted by Gasteiger charge is 2.75. The molecular weight excluding hydrogens is 552 g/mol. The molecular formula is C31H38N6O6. The molecule has 2 aromatic carbocycles. The van der Waals surface area contributed by atoms with Crippen LogP contribution in [-0.4, -0.2) is 79.7 Å². The molecule has 12 nitrogen and oxygen atoms in total. The Balaban J connectivity index is 1.29. The van der Waals surface area contributed by atoms with Gasteiger partial charge in [0.1, 0.15) is 29.6 Å². The van der Waals surface area contributed by atoms with Gasteiger partial charge in [0, 0.05) is 5.69 Å². The average molecular weight is 591 g/mol. The lowest BCUT2D eigenvalue weighted by Gasteiger charge is -2.37. The summed E-state index contributed by atoms with van der Waals surface area (Å²) in [7, 11) is 0. The Kier molecular flexibility index (Phi) is 7.82. The summed E-state index contributed by atoms with van der Waals surface area (Å²) in [5.41, 5.74) is 0.858. The van der Waals surface area contributed by atoms with Crippen molar-refractivity contribution in [2.24, 2.45) is 17.8 Å². The Hall–Kier alpha value is -4.03. The molecule has 1 spiro atoms. The quantitative estimate of drug-likeness (QED) is 0.308. The molecule has 6 rings (SSSR count). The second-order valence-corrected chi connectivity index (χ2v) is 12.0. The molecule has 2 bridgehead atoms. The van der Waals surface area contributed by atoms with E-state index in [0.717, 1.165) is 5.52 Å². The van der Waals surface area contributed by atoms with Crippen molar-refractivity contribution in [1.82, 2.24) is 25.2 Å². The van der Waals surface area contributed by atoms with Crippen molar-refractivity contribution < 1.29 is 29.0 Å². The standard InChI is InChI=1S/C31H38N6O6/c1-4-42-21-11-9-19(10-12-21)33-28(39)25-24-13-14-31(43-24)26(25)30(41)37(20(16-38)15-18(2)3)27(31)29(40)32-17-36-23-8-6-5-7-22(23)34-35-36/h5-12,18,20,24-27,38H,4,13-17H2,1-3H3,(H,32,40)(H,33,39)/t20-,24-,25+,26+,27?,31?/m1/s1. The fourth-order valence-corrected chi connectivity index (χ4v) is 7.21. The molecule has 0 saturated carbocycles. The van der Waals surface area contributed by atoms with Crippen LogP contribution in [0.4, 0.5) is 5.69 Å². The molecule has 1 aromatic heterocycles. The van der Waals surface area contributed by atoms with Crippen LogP contribution < -0.4 is 15.4 Å². The molecule has 3 amide bonds. The molecule has 6 atom stereocenters. The van der Waals surface area contributed by atoms with E-state index >= 15 is 0 Å². The molecule has 3 aliphatic heterocycles. The SMILES string of the molecule is CCOc1ccc(NC(=O)[C@@H]2[C@H]3C(=O)N([C@@H](CO)CC(C)C)C(C(=O)NCn4nnc5ccccc54)C34CC[C@H]2O4)cc1. The number of hydrogen-bond acceptors (Lipinski definition) is 8. The zero-order chi connectivity index (χ0) is 30.3. The Bertz CT molecular complexity index is 1510. The number of aromatic nitrogens is 3. The van der Waals surface area contributed by atoms with E-state index in [-0.39, 0.29) is 31.0 Å². The van der Waals surface area contributed by atoms with Gasteiger partial charge in [0.05, 0.1) is 42.7 Å². The van der Waals surface area contributed by atoms with Crippen LogP contribution in [0.3, 0.4) is 0 Å². The van der Waals surface area contributed by atoms with E-state index in [1.807, 2.05) is 45.0 Å². The van der Waals surface area contributed by atoms with Gasteiger partial charge < -0.3 is 30.1 Å². The van der Waals surface area contributed by atoms with Crippen LogP contribution in [0.25, 0.3) is 11.0 Å². The van der Waals surface area contributed by atoms with Crippen molar-refractivity contribution in [3.05, 3.63) is 48.5 Å². The third-order valence-electron chi connectivity index (χ3n) is 8.89. The summed E-state index contributed by atoms with van der Waals surface area (Å²) in [5.74, 6) is -1.84. The second-order valence-electron chi connectivity index (χ2n) is 12.0. The largest absolute Gasteiger partial charge is 0.494 e. The second kappa shape index (κ2) is 11.6. The minimum atomic E-state index is -1.18. The van der Waals surface area contributed by atoms with Gasteiger partial charge in [0.25, 0.3) is 0 Å². The summed E-state index contributed by atoms with van der Waals surface area (Å²) in [6.07, 6.45) is 1.01. The van der Waals surface area contributed by atoms with Crippen LogP contribution in [0.2, 0.25) is 0 Å². The van der Waals surface area contributed by atoms with E-state index in [2.05, 4.69) is 20.9 Å². The highest BCUT2D eigenvalue weighted by molar-refractivity contribution is 6.02. The van der Waals surface area contributed by atoms with E-state index in [1.165, 1.54) is 4.90 Å². The number of aliphatic hydroxyl groups excluding tert-OH is 1. The van der Waals surface area contributed by atoms with Gasteiger partial charge in [-0.25, -0.2) is 4.68 Å². The van der Waals surface area contributed by atoms with Crippen LogP contribution in [0, 0.1) is 17.8 Å². The number of carbonyl (C=O) groups is 3. The van der Waals surface area contributed by atoms with Gasteiger partial charge in [-0.1, -0.05) is 31.2 Å². The van der Waals surface area contributed by atoms with Gasteiger partial charge >= 0.3 is 0 Å². The molecule has 0 radical (unpaired) electrons. The first-order chi connectivity index (χ1) is 20.8. The van der Waals surface area contributed by atoms with Crippen molar-refractivity contribution in [1.29, 1.82) is 0 Å². The van der Waals surface area contributed by atoms with Gasteiger partial charge in [-0.2, -0.15) is 0 Å². The highest BCUT2D eigenvalue weighted by atomic mass is 16.5. The number of anilines is 1. The van der Waals surface area contributed by atoms with Crippen molar-refractivity contribution in [3.8, 4) is 5.75 Å². The molecule has 3 saturated heterocycles. The van der Waals surface area contributed by atoms with E-state index in [1.54, 1.807) is 28.9 Å². The highest BCUT2D eigenvalue weighted by Crippen LogP contribution is 2.59. The Morgan fingerprint density at radius 3 is 2.65 bits per heavy atom. The lowest BCUT2D eigenvalue weighted by atomic mass is 9.70. The Labute approximate surface area is 249 Å². The summed E-state index contributed by atoms with van der Waals surface area (Å²) in [4.78, 5) is 43.6. The molecule has 3 aromatic rings. The Morgan fingerprint density at radius 2 is 1.93 bits per heavy atom. The number of nitrogens with one attached hydrogen (secondary N) is 2. The average Bonchev–Trinajstić information content (AvgIpc) is 3.75. The topological polar surface area (TPSA) is 148 Å². The van der Waals surface area contributed by atoms with E-state index in [4.69, 9.17) is 9.47 Å². The minimum absolute atomic E-state index is 0.0394. The van der Waals surface area contributed by atoms with Gasteiger partial charge in [-0.3, -0.25) is 14.4 Å². The maximum Gasteiger partial charge on any atom is 0.247 e. The minimum Gasteiger partial charge on any atom is -0.494 e. The lowest BCUT2D eigenvalue weighted by molar-refractivity contribution is -0.145. The lowest BCUT2D eigenvalue weighted by Crippen LogP contribution is -2.58. The smallest absolute Gasteiger partial charge is 0.247 e. The number of aliphatic hydroxyl groups is 1. The number of ether oxygens (including phenoxy) is 2. The molecule has 0 aliphatic carbocycles. The summed E-state index contributed by atoms with van der Waals surface area (Å²) >= 11 is 0. The first-order valence-electron chi connectivity index (χ1n) is 15.0. The summed E-state index contributed by atoms with van der Waals surface area (Å²) in [6.45, 7) is 6.17. The number of likely N-dealkylation sites (tertiary alicyclic amines) is 1. The van der Waals surface area contributed by atoms with E-state index < -0.39 is 41.5 Å². The van der Waals surface area contributed by atoms with Gasteiger partial charge in [-0.15, -0.1) is 5.10 Å². The van der Waals surface area contributed by atoms with Gasteiger partial charge in [0.15, 0.2) is 0 Å². The summed E-state index contributed by atoms with van der Waals surface area (Å²) in [5, 5.41) is 24.6. The van der Waals surface area contributed by atoms with Crippen molar-refractivity contribution >= 4 is 34.4 Å². The first-order valence-corrected chi connectivity index (χ1v) is 15.0. The number of fused-ring (bicyclic) bond motifs is 2. The predicted octanol–water partition coefficient (Wildman–Crippen LogP) is 2.32. The van der Waals surface area contributed by atoms with Gasteiger partial charge in [-0.05, 0) is 68.5 Å². The number of nitrogens with zero attached hydrogens (tertiary/aromatic N) is 4. The van der Waals surface area contributed by atoms with Crippen LogP contribution in [0.15, 0.2) is 48.5 Å². The number of para-hydroxylation sites is 1. The normalized spacial score (nSPS) is 26.6. The van der Waals surface area contributed by atoms with Crippen molar-refractivity contribution in [2.45, 2.75) is 70.5 Å². The predicted molar refractivity (Wildman–Crippen MR) is 157 cm³/mol. The summed E-state index contributed by atoms with van der Waals surface area (Å²) < 4.78 is 13.6. The maximum absolute atomic E-state index is 14.3. The van der Waals surface area contributed by atoms with Crippen LogP contribution >= 0.6 is 0 Å². The number of carbonyl (C=O) groups excluding carboxylic acids is 3. The number of amides is 3. The molecule has 12 heteroatoms. The molecule has 2 unspecified atom stereocenters. The van der Waals surface area contributed by atoms with E-state index in [9.17, 15) is 19.5 Å². The van der Waals surface area contributed by atoms with Crippen LogP contribution in [0.1, 0.15) is 40.0 Å². The van der Waals surface area contributed by atoms with Crippen molar-refractivity contribution in [3.63, 3.8) is 0 Å². The zero-order valence-corrected chi connectivity index (χ0v) is 24.6. The Morgan fingerprint density at radius 1 is 1.16 bits per heavy atom. The molecule has 3 fully saturated rings. The van der Waals surface area contributed by atoms with Crippen LogP contribution in [0.5, 0.6) is 5.75 Å². The monoisotopic (exact) mass is 590 g/mol. The third-order valence-corrected chi connectivity index (χ3v) is 8.89. The van der Waals surface area contributed by atoms with Crippen LogP contribution in [-0.2, 0) is 25.8 Å². The molecule has 43 heavy (non-hydrogen) atoms. The molecule has 228 valence electrons. The number of rotatable bonds is 11. The molecule has 3 aliphatic rings. The molecule has 4 heterocycles. The third kappa shape index (κ3) is 5.02. The first kappa shape index (κ1) is 29.1. The zero-order valence-electron chi connectivity index (χ0n) is 24.6. The summed E-state index contributed by atoms with van der Waals surface area (Å²) in [6, 6.07) is 12.9. The fraction of sp³-hybridized carbons (Fsp3) is 0.516.